The van der Waals surface area contributed by atoms with Gasteiger partial charge in [-0.1, -0.05) is 6.08 Å². The molecule has 0 aromatic heterocycles. The van der Waals surface area contributed by atoms with E-state index in [1.807, 2.05) is 0 Å². The second kappa shape index (κ2) is 5.46. The van der Waals surface area contributed by atoms with E-state index in [1.54, 1.807) is 6.08 Å². The Kier molecular flexibility index (Phi) is 4.24. The van der Waals surface area contributed by atoms with Crippen LogP contribution in [0.5, 0.6) is 0 Å². The number of hydrogen-bond donors (Lipinski definition) is 3. The smallest absolute Gasteiger partial charge is 0.296 e. The molecule has 0 spiro atoms. The summed E-state index contributed by atoms with van der Waals surface area (Å²) in [6.07, 6.45) is 1.56. The second-order valence-electron chi connectivity index (χ2n) is 3.22. The highest BCUT2D eigenvalue weighted by Crippen LogP contribution is 2.10. The summed E-state index contributed by atoms with van der Waals surface area (Å²) in [4.78, 5) is 11.5. The number of benzene rings is 1. The lowest BCUT2D eigenvalue weighted by Gasteiger charge is -2.05. The van der Waals surface area contributed by atoms with Gasteiger partial charge >= 0.3 is 0 Å². The first kappa shape index (κ1) is 13.2. The molecule has 1 aromatic carbocycles. The maximum atomic E-state index is 11.5. The van der Waals surface area contributed by atoms with Crippen LogP contribution in [0.25, 0.3) is 0 Å². The minimum Gasteiger partial charge on any atom is -0.349 e. The molecule has 0 radical (unpaired) electrons. The molecule has 1 amide bonds. The Bertz CT molecular complexity index is 508. The van der Waals surface area contributed by atoms with Crippen LogP contribution in [0.2, 0.25) is 0 Å². The van der Waals surface area contributed by atoms with E-state index in [0.717, 1.165) is 0 Å². The summed E-state index contributed by atoms with van der Waals surface area (Å²) in [5.74, 6) is -0.257. The van der Waals surface area contributed by atoms with E-state index in [-0.39, 0.29) is 5.91 Å². The number of amides is 1. The average molecular weight is 255 g/mol. The number of rotatable bonds is 5. The van der Waals surface area contributed by atoms with Crippen LogP contribution in [0.3, 0.4) is 0 Å². The fraction of sp³-hybridized carbons (Fsp3) is 0.100. The van der Waals surface area contributed by atoms with Crippen LogP contribution >= 0.6 is 0 Å². The summed E-state index contributed by atoms with van der Waals surface area (Å²) in [7, 11) is -3.79. The summed E-state index contributed by atoms with van der Waals surface area (Å²) in [5, 5.41) is 7.40. The molecule has 0 fully saturated rings. The predicted octanol–water partition coefficient (Wildman–Crippen LogP) is 0.218. The van der Waals surface area contributed by atoms with Crippen molar-refractivity contribution in [3.05, 3.63) is 42.5 Å². The van der Waals surface area contributed by atoms with Gasteiger partial charge in [0.05, 0.1) is 0 Å². The number of carbonyl (C=O) groups is 1. The van der Waals surface area contributed by atoms with Gasteiger partial charge in [-0.15, -0.1) is 6.58 Å². The molecule has 0 heterocycles. The molecule has 0 unspecified atom stereocenters. The third-order valence-electron chi connectivity index (χ3n) is 1.81. The minimum absolute atomic E-state index is 0.257. The molecular weight excluding hydrogens is 242 g/mol. The van der Waals surface area contributed by atoms with Crippen LogP contribution in [-0.2, 0) is 10.2 Å². The van der Waals surface area contributed by atoms with Gasteiger partial charge in [-0.3, -0.25) is 9.52 Å². The van der Waals surface area contributed by atoms with Crippen molar-refractivity contribution in [1.29, 1.82) is 0 Å². The first-order chi connectivity index (χ1) is 7.92. The van der Waals surface area contributed by atoms with E-state index in [9.17, 15) is 13.2 Å². The van der Waals surface area contributed by atoms with Gasteiger partial charge in [0.2, 0.25) is 0 Å². The van der Waals surface area contributed by atoms with Gasteiger partial charge in [-0.2, -0.15) is 8.42 Å². The molecule has 0 saturated heterocycles. The minimum atomic E-state index is -3.79. The highest BCUT2D eigenvalue weighted by molar-refractivity contribution is 7.90. The van der Waals surface area contributed by atoms with Crippen molar-refractivity contribution >= 4 is 21.8 Å². The number of anilines is 1. The van der Waals surface area contributed by atoms with Crippen LogP contribution in [-0.4, -0.2) is 20.9 Å². The van der Waals surface area contributed by atoms with Gasteiger partial charge in [0.25, 0.3) is 16.1 Å². The fourth-order valence-corrected chi connectivity index (χ4v) is 1.59. The highest BCUT2D eigenvalue weighted by atomic mass is 32.2. The zero-order valence-corrected chi connectivity index (χ0v) is 9.83. The fourth-order valence-electron chi connectivity index (χ4n) is 1.12. The average Bonchev–Trinajstić information content (AvgIpc) is 2.24. The summed E-state index contributed by atoms with van der Waals surface area (Å²) >= 11 is 0. The molecule has 0 aliphatic rings. The SMILES string of the molecule is C=CCNC(=O)c1ccc(NS(N)(=O)=O)cc1. The maximum absolute atomic E-state index is 11.5. The molecule has 0 aliphatic heterocycles. The van der Waals surface area contributed by atoms with Crippen LogP contribution in [0.4, 0.5) is 5.69 Å². The molecule has 92 valence electrons. The summed E-state index contributed by atoms with van der Waals surface area (Å²) in [5.41, 5.74) is 0.722. The van der Waals surface area contributed by atoms with Crippen molar-refractivity contribution in [2.75, 3.05) is 11.3 Å². The maximum Gasteiger partial charge on any atom is 0.296 e. The number of nitrogens with one attached hydrogen (secondary N) is 2. The molecule has 1 aromatic rings. The van der Waals surface area contributed by atoms with Gasteiger partial charge in [-0.05, 0) is 24.3 Å². The number of carbonyl (C=O) groups excluding carboxylic acids is 1. The first-order valence-electron chi connectivity index (χ1n) is 4.72. The van der Waals surface area contributed by atoms with E-state index < -0.39 is 10.2 Å². The number of hydrogen-bond acceptors (Lipinski definition) is 3. The Hall–Kier alpha value is -1.86. The van der Waals surface area contributed by atoms with Gasteiger partial charge in [0, 0.05) is 17.8 Å². The third-order valence-corrected chi connectivity index (χ3v) is 2.33. The number of nitrogens with two attached hydrogens (primary N) is 1. The zero-order chi connectivity index (χ0) is 12.9. The summed E-state index contributed by atoms with van der Waals surface area (Å²) in [6, 6.07) is 5.89. The second-order valence-corrected chi connectivity index (χ2v) is 4.52. The molecule has 6 nitrogen and oxygen atoms in total. The van der Waals surface area contributed by atoms with Crippen LogP contribution in [0.1, 0.15) is 10.4 Å². The highest BCUT2D eigenvalue weighted by Gasteiger charge is 2.05. The quantitative estimate of drug-likeness (QED) is 0.656. The van der Waals surface area contributed by atoms with Crippen molar-refractivity contribution in [1.82, 2.24) is 5.32 Å². The van der Waals surface area contributed by atoms with Gasteiger partial charge in [0.1, 0.15) is 0 Å². The molecule has 7 heteroatoms. The molecule has 0 saturated carbocycles. The van der Waals surface area contributed by atoms with Crippen molar-refractivity contribution in [3.63, 3.8) is 0 Å². The Morgan fingerprint density at radius 1 is 1.35 bits per heavy atom. The Labute approximate surface area is 99.7 Å². The zero-order valence-electron chi connectivity index (χ0n) is 9.01. The molecule has 0 atom stereocenters. The van der Waals surface area contributed by atoms with E-state index in [0.29, 0.717) is 17.8 Å². The third kappa shape index (κ3) is 4.66. The van der Waals surface area contributed by atoms with Crippen molar-refractivity contribution in [3.8, 4) is 0 Å². The first-order valence-corrected chi connectivity index (χ1v) is 6.27. The molecule has 1 rings (SSSR count). The topological polar surface area (TPSA) is 101 Å². The van der Waals surface area contributed by atoms with Crippen molar-refractivity contribution in [2.45, 2.75) is 0 Å². The Morgan fingerprint density at radius 3 is 2.41 bits per heavy atom. The normalized spacial score (nSPS) is 10.6. The van der Waals surface area contributed by atoms with Crippen LogP contribution in [0, 0.1) is 0 Å². The molecule has 17 heavy (non-hydrogen) atoms. The Balaban J connectivity index is 2.74. The largest absolute Gasteiger partial charge is 0.349 e. The van der Waals surface area contributed by atoms with Gasteiger partial charge in [0.15, 0.2) is 0 Å². The van der Waals surface area contributed by atoms with Crippen molar-refractivity contribution < 1.29 is 13.2 Å². The molecular formula is C10H13N3O3S. The lowest BCUT2D eigenvalue weighted by atomic mass is 10.2. The summed E-state index contributed by atoms with van der Waals surface area (Å²) in [6.45, 7) is 3.85. The van der Waals surface area contributed by atoms with Gasteiger partial charge in [-0.25, -0.2) is 5.14 Å². The van der Waals surface area contributed by atoms with Crippen molar-refractivity contribution in [2.24, 2.45) is 5.14 Å². The van der Waals surface area contributed by atoms with E-state index in [1.165, 1.54) is 24.3 Å². The van der Waals surface area contributed by atoms with Crippen LogP contribution < -0.4 is 15.2 Å². The van der Waals surface area contributed by atoms with E-state index in [2.05, 4.69) is 16.6 Å². The lowest BCUT2D eigenvalue weighted by molar-refractivity contribution is 0.0958. The predicted molar refractivity (Wildman–Crippen MR) is 65.7 cm³/mol. The lowest BCUT2D eigenvalue weighted by Crippen LogP contribution is -2.23. The Morgan fingerprint density at radius 2 is 1.94 bits per heavy atom. The van der Waals surface area contributed by atoms with Gasteiger partial charge < -0.3 is 5.32 Å². The van der Waals surface area contributed by atoms with E-state index >= 15 is 0 Å². The van der Waals surface area contributed by atoms with Crippen LogP contribution in [0.15, 0.2) is 36.9 Å². The standard InChI is InChI=1S/C10H13N3O3S/c1-2-7-12-10(14)8-3-5-9(6-4-8)13-17(11,15)16/h2-6,13H,1,7H2,(H,12,14)(H2,11,15,16). The monoisotopic (exact) mass is 255 g/mol. The summed E-state index contributed by atoms with van der Waals surface area (Å²) < 4.78 is 23.6. The molecule has 4 N–H and O–H groups in total. The molecule has 0 aliphatic carbocycles. The van der Waals surface area contributed by atoms with E-state index in [4.69, 9.17) is 5.14 Å². The molecule has 0 bridgehead atoms.